The van der Waals surface area contributed by atoms with Gasteiger partial charge >= 0.3 is 0 Å². The Bertz CT molecular complexity index is 625. The standard InChI is InChI=1S/C14H13FN4O/c15-10-2-1-3-11(8-10)16-12-6-7-13(19-18-12)17-14(20)9-4-5-9/h1-3,6-9H,4-5H2,(H,16,18)(H,17,19,20). The average molecular weight is 272 g/mol. The summed E-state index contributed by atoms with van der Waals surface area (Å²) in [6.45, 7) is 0. The van der Waals surface area contributed by atoms with Crippen LogP contribution in [0.1, 0.15) is 12.8 Å². The molecule has 0 saturated heterocycles. The number of nitrogens with one attached hydrogen (secondary N) is 2. The van der Waals surface area contributed by atoms with Crippen LogP contribution in [-0.2, 0) is 4.79 Å². The van der Waals surface area contributed by atoms with Gasteiger partial charge in [0.15, 0.2) is 11.6 Å². The summed E-state index contributed by atoms with van der Waals surface area (Å²) in [5.41, 5.74) is 0.592. The number of hydrogen-bond acceptors (Lipinski definition) is 4. The Morgan fingerprint density at radius 1 is 1.15 bits per heavy atom. The molecule has 1 heterocycles. The smallest absolute Gasteiger partial charge is 0.228 e. The first-order valence-corrected chi connectivity index (χ1v) is 6.38. The SMILES string of the molecule is O=C(Nc1ccc(Nc2cccc(F)c2)nn1)C1CC1. The zero-order valence-electron chi connectivity index (χ0n) is 10.6. The number of halogens is 1. The molecule has 1 saturated carbocycles. The maximum atomic E-state index is 13.0. The molecule has 20 heavy (non-hydrogen) atoms. The fourth-order valence-corrected chi connectivity index (χ4v) is 1.75. The van der Waals surface area contributed by atoms with Gasteiger partial charge in [-0.3, -0.25) is 4.79 Å². The van der Waals surface area contributed by atoms with Crippen molar-refractivity contribution in [3.8, 4) is 0 Å². The number of anilines is 3. The highest BCUT2D eigenvalue weighted by atomic mass is 19.1. The Labute approximate surface area is 115 Å². The summed E-state index contributed by atoms with van der Waals surface area (Å²) in [5, 5.41) is 13.5. The third kappa shape index (κ3) is 3.09. The lowest BCUT2D eigenvalue weighted by Crippen LogP contribution is -2.14. The number of carbonyl (C=O) groups excluding carboxylic acids is 1. The number of aromatic nitrogens is 2. The second-order valence-electron chi connectivity index (χ2n) is 4.70. The van der Waals surface area contributed by atoms with E-state index in [0.29, 0.717) is 17.3 Å². The number of carbonyl (C=O) groups is 1. The molecule has 1 amide bonds. The van der Waals surface area contributed by atoms with Gasteiger partial charge in [-0.15, -0.1) is 10.2 Å². The van der Waals surface area contributed by atoms with E-state index in [0.717, 1.165) is 12.8 Å². The third-order valence-corrected chi connectivity index (χ3v) is 2.96. The van der Waals surface area contributed by atoms with Crippen molar-refractivity contribution in [1.82, 2.24) is 10.2 Å². The highest BCUT2D eigenvalue weighted by Crippen LogP contribution is 2.29. The predicted octanol–water partition coefficient (Wildman–Crippen LogP) is 2.71. The minimum absolute atomic E-state index is 0.00913. The van der Waals surface area contributed by atoms with E-state index in [1.54, 1.807) is 24.3 Å². The highest BCUT2D eigenvalue weighted by molar-refractivity contribution is 5.93. The van der Waals surface area contributed by atoms with E-state index in [1.165, 1.54) is 12.1 Å². The van der Waals surface area contributed by atoms with Crippen LogP contribution in [0.3, 0.4) is 0 Å². The first-order chi connectivity index (χ1) is 9.70. The van der Waals surface area contributed by atoms with Crippen LogP contribution < -0.4 is 10.6 Å². The van der Waals surface area contributed by atoms with Gasteiger partial charge < -0.3 is 10.6 Å². The summed E-state index contributed by atoms with van der Waals surface area (Å²) in [7, 11) is 0. The van der Waals surface area contributed by atoms with Gasteiger partial charge in [-0.05, 0) is 43.2 Å². The molecule has 1 aromatic heterocycles. The van der Waals surface area contributed by atoms with Crippen LogP contribution in [0, 0.1) is 11.7 Å². The zero-order valence-corrected chi connectivity index (χ0v) is 10.6. The van der Waals surface area contributed by atoms with Crippen molar-refractivity contribution >= 4 is 23.2 Å². The van der Waals surface area contributed by atoms with Crippen LogP contribution in [0.5, 0.6) is 0 Å². The minimum atomic E-state index is -0.323. The van der Waals surface area contributed by atoms with E-state index >= 15 is 0 Å². The Hall–Kier alpha value is -2.50. The first-order valence-electron chi connectivity index (χ1n) is 6.38. The summed E-state index contributed by atoms with van der Waals surface area (Å²) >= 11 is 0. The second kappa shape index (κ2) is 5.24. The predicted molar refractivity (Wildman–Crippen MR) is 73.1 cm³/mol. The van der Waals surface area contributed by atoms with Gasteiger partial charge in [-0.2, -0.15) is 0 Å². The van der Waals surface area contributed by atoms with Gasteiger partial charge in [0.25, 0.3) is 0 Å². The molecule has 1 aromatic carbocycles. The Morgan fingerprint density at radius 3 is 2.55 bits per heavy atom. The normalized spacial score (nSPS) is 13.8. The Kier molecular flexibility index (Phi) is 3.28. The molecule has 0 aliphatic heterocycles. The van der Waals surface area contributed by atoms with E-state index in [4.69, 9.17) is 0 Å². The van der Waals surface area contributed by atoms with Crippen LogP contribution >= 0.6 is 0 Å². The largest absolute Gasteiger partial charge is 0.339 e. The topological polar surface area (TPSA) is 66.9 Å². The van der Waals surface area contributed by atoms with E-state index in [1.807, 2.05) is 0 Å². The maximum absolute atomic E-state index is 13.0. The third-order valence-electron chi connectivity index (χ3n) is 2.96. The van der Waals surface area contributed by atoms with Crippen LogP contribution in [0.25, 0.3) is 0 Å². The first kappa shape index (κ1) is 12.5. The fraction of sp³-hybridized carbons (Fsp3) is 0.214. The van der Waals surface area contributed by atoms with E-state index < -0.39 is 0 Å². The molecule has 1 aliphatic rings. The number of hydrogen-bond donors (Lipinski definition) is 2. The quantitative estimate of drug-likeness (QED) is 0.898. The monoisotopic (exact) mass is 272 g/mol. The number of benzene rings is 1. The van der Waals surface area contributed by atoms with E-state index in [2.05, 4.69) is 20.8 Å². The molecule has 0 atom stereocenters. The lowest BCUT2D eigenvalue weighted by molar-refractivity contribution is -0.117. The molecule has 6 heteroatoms. The molecule has 5 nitrogen and oxygen atoms in total. The maximum Gasteiger partial charge on any atom is 0.228 e. The van der Waals surface area contributed by atoms with Crippen molar-refractivity contribution in [2.24, 2.45) is 5.92 Å². The highest BCUT2D eigenvalue weighted by Gasteiger charge is 2.29. The van der Waals surface area contributed by atoms with Crippen molar-refractivity contribution in [2.45, 2.75) is 12.8 Å². The zero-order chi connectivity index (χ0) is 13.9. The molecule has 0 unspecified atom stereocenters. The average Bonchev–Trinajstić information content (AvgIpc) is 3.25. The van der Waals surface area contributed by atoms with E-state index in [9.17, 15) is 9.18 Å². The Balaban J connectivity index is 1.65. The fourth-order valence-electron chi connectivity index (χ4n) is 1.75. The van der Waals surface area contributed by atoms with Crippen LogP contribution in [-0.4, -0.2) is 16.1 Å². The van der Waals surface area contributed by atoms with Gasteiger partial charge in [0.1, 0.15) is 5.82 Å². The minimum Gasteiger partial charge on any atom is -0.339 e. The molecule has 1 aliphatic carbocycles. The van der Waals surface area contributed by atoms with Gasteiger partial charge in [-0.25, -0.2) is 4.39 Å². The number of amides is 1. The van der Waals surface area contributed by atoms with Crippen LogP contribution in [0.4, 0.5) is 21.7 Å². The summed E-state index contributed by atoms with van der Waals surface area (Å²) in [6, 6.07) is 9.41. The summed E-state index contributed by atoms with van der Waals surface area (Å²) < 4.78 is 13.0. The van der Waals surface area contributed by atoms with Crippen LogP contribution in [0.15, 0.2) is 36.4 Å². The van der Waals surface area contributed by atoms with Crippen molar-refractivity contribution in [2.75, 3.05) is 10.6 Å². The summed E-state index contributed by atoms with van der Waals surface area (Å²) in [6.07, 6.45) is 1.89. The van der Waals surface area contributed by atoms with Gasteiger partial charge in [-0.1, -0.05) is 6.07 Å². The van der Waals surface area contributed by atoms with E-state index in [-0.39, 0.29) is 17.6 Å². The van der Waals surface area contributed by atoms with Crippen LogP contribution in [0.2, 0.25) is 0 Å². The molecule has 3 rings (SSSR count). The van der Waals surface area contributed by atoms with Gasteiger partial charge in [0, 0.05) is 11.6 Å². The van der Waals surface area contributed by atoms with Crippen molar-refractivity contribution in [3.05, 3.63) is 42.2 Å². The molecular weight excluding hydrogens is 259 g/mol. The molecule has 102 valence electrons. The molecule has 0 spiro atoms. The Morgan fingerprint density at radius 2 is 1.90 bits per heavy atom. The lowest BCUT2D eigenvalue weighted by Gasteiger charge is -2.06. The van der Waals surface area contributed by atoms with Crippen molar-refractivity contribution in [3.63, 3.8) is 0 Å². The van der Waals surface area contributed by atoms with Crippen molar-refractivity contribution in [1.29, 1.82) is 0 Å². The molecule has 1 fully saturated rings. The number of rotatable bonds is 4. The second-order valence-corrected chi connectivity index (χ2v) is 4.70. The van der Waals surface area contributed by atoms with Crippen molar-refractivity contribution < 1.29 is 9.18 Å². The lowest BCUT2D eigenvalue weighted by atomic mass is 10.3. The molecule has 2 N–H and O–H groups in total. The molecular formula is C14H13FN4O. The molecule has 0 bridgehead atoms. The van der Waals surface area contributed by atoms with Gasteiger partial charge in [0.2, 0.25) is 5.91 Å². The molecule has 0 radical (unpaired) electrons. The molecule has 2 aromatic rings. The number of nitrogens with zero attached hydrogens (tertiary/aromatic N) is 2. The van der Waals surface area contributed by atoms with Gasteiger partial charge in [0.05, 0.1) is 0 Å². The summed E-state index contributed by atoms with van der Waals surface area (Å²) in [5.74, 6) is 0.704. The summed E-state index contributed by atoms with van der Waals surface area (Å²) in [4.78, 5) is 11.6.